The van der Waals surface area contributed by atoms with Gasteiger partial charge in [-0.2, -0.15) is 0 Å². The van der Waals surface area contributed by atoms with Crippen LogP contribution in [-0.4, -0.2) is 10.6 Å². The van der Waals surface area contributed by atoms with Crippen molar-refractivity contribution < 1.29 is 4.79 Å². The number of hydrogen-bond donors (Lipinski definition) is 0. The molecule has 7 unspecified atom stereocenters. The van der Waals surface area contributed by atoms with E-state index in [2.05, 4.69) is 15.9 Å². The van der Waals surface area contributed by atoms with Gasteiger partial charge in [0.1, 0.15) is 5.78 Å². The van der Waals surface area contributed by atoms with E-state index in [1.807, 2.05) is 0 Å². The van der Waals surface area contributed by atoms with E-state index in [4.69, 9.17) is 0 Å². The third kappa shape index (κ3) is 1.45. The molecule has 4 fully saturated rings. The third-order valence-corrected chi connectivity index (χ3v) is 7.01. The van der Waals surface area contributed by atoms with Gasteiger partial charge in [0, 0.05) is 16.7 Å². The maximum absolute atomic E-state index is 12.6. The van der Waals surface area contributed by atoms with Gasteiger partial charge in [-0.1, -0.05) is 28.8 Å². The first-order valence-electron chi connectivity index (χ1n) is 7.43. The third-order valence-electron chi connectivity index (χ3n) is 6.26. The van der Waals surface area contributed by atoms with Crippen molar-refractivity contribution in [1.29, 1.82) is 0 Å². The SMILES string of the molecule is O=C1C2CCCC3CCC4CC(Br)CC1C4C32. The van der Waals surface area contributed by atoms with Crippen molar-refractivity contribution in [2.24, 2.45) is 35.5 Å². The minimum absolute atomic E-state index is 0.439. The molecule has 4 aliphatic rings. The molecule has 4 saturated carbocycles. The summed E-state index contributed by atoms with van der Waals surface area (Å²) in [5.41, 5.74) is 0. The number of hydrogen-bond acceptors (Lipinski definition) is 1. The highest BCUT2D eigenvalue weighted by Gasteiger charge is 2.59. The number of alkyl halides is 1. The lowest BCUT2D eigenvalue weighted by molar-refractivity contribution is -0.125. The summed E-state index contributed by atoms with van der Waals surface area (Å²) in [6.07, 6.45) is 9.25. The van der Waals surface area contributed by atoms with Gasteiger partial charge in [0.25, 0.3) is 0 Å². The van der Waals surface area contributed by atoms with E-state index in [1.165, 1.54) is 38.5 Å². The standard InChI is InChI=1S/C15H21BrO/c16-10-6-9-5-4-8-2-1-3-11-13(8)14(9)12(7-10)15(11)17/h8-14H,1-7H2. The Balaban J connectivity index is 1.74. The average molecular weight is 297 g/mol. The lowest BCUT2D eigenvalue weighted by Crippen LogP contribution is -2.41. The van der Waals surface area contributed by atoms with E-state index in [1.54, 1.807) is 0 Å². The van der Waals surface area contributed by atoms with Gasteiger partial charge in [-0.25, -0.2) is 0 Å². The number of rotatable bonds is 0. The Labute approximate surface area is 112 Å². The Kier molecular flexibility index (Phi) is 2.48. The Morgan fingerprint density at radius 2 is 1.65 bits per heavy atom. The van der Waals surface area contributed by atoms with Gasteiger partial charge >= 0.3 is 0 Å². The van der Waals surface area contributed by atoms with E-state index in [0.717, 1.165) is 30.1 Å². The molecule has 0 bridgehead atoms. The van der Waals surface area contributed by atoms with Crippen molar-refractivity contribution >= 4 is 21.7 Å². The van der Waals surface area contributed by atoms with E-state index in [0.29, 0.717) is 22.4 Å². The van der Waals surface area contributed by atoms with Crippen LogP contribution in [0.2, 0.25) is 0 Å². The molecule has 0 radical (unpaired) electrons. The van der Waals surface area contributed by atoms with Crippen LogP contribution < -0.4 is 0 Å². The Bertz CT molecular complexity index is 353. The molecule has 0 amide bonds. The summed E-state index contributed by atoms with van der Waals surface area (Å²) >= 11 is 3.80. The lowest BCUT2D eigenvalue weighted by atomic mass is 9.58. The molecule has 0 aromatic rings. The van der Waals surface area contributed by atoms with Crippen LogP contribution in [0.4, 0.5) is 0 Å². The largest absolute Gasteiger partial charge is 0.299 e. The quantitative estimate of drug-likeness (QED) is 0.622. The minimum Gasteiger partial charge on any atom is -0.299 e. The van der Waals surface area contributed by atoms with Gasteiger partial charge in [0.15, 0.2) is 0 Å². The van der Waals surface area contributed by atoms with Crippen molar-refractivity contribution in [2.45, 2.75) is 49.8 Å². The van der Waals surface area contributed by atoms with Crippen molar-refractivity contribution in [2.75, 3.05) is 0 Å². The first kappa shape index (κ1) is 11.0. The van der Waals surface area contributed by atoms with Gasteiger partial charge < -0.3 is 0 Å². The van der Waals surface area contributed by atoms with Crippen LogP contribution in [0.25, 0.3) is 0 Å². The fourth-order valence-electron chi connectivity index (χ4n) is 5.81. The van der Waals surface area contributed by atoms with Crippen molar-refractivity contribution in [3.05, 3.63) is 0 Å². The highest BCUT2D eigenvalue weighted by Crippen LogP contribution is 2.61. The van der Waals surface area contributed by atoms with Gasteiger partial charge in [-0.3, -0.25) is 4.79 Å². The fraction of sp³-hybridized carbons (Fsp3) is 0.933. The summed E-state index contributed by atoms with van der Waals surface area (Å²) in [6.45, 7) is 0. The molecule has 4 rings (SSSR count). The fourth-order valence-corrected chi connectivity index (χ4v) is 6.69. The summed E-state index contributed by atoms with van der Waals surface area (Å²) in [7, 11) is 0. The smallest absolute Gasteiger partial charge is 0.139 e. The molecule has 0 aromatic carbocycles. The molecule has 0 saturated heterocycles. The van der Waals surface area contributed by atoms with Crippen molar-refractivity contribution in [3.63, 3.8) is 0 Å². The maximum atomic E-state index is 12.6. The molecular formula is C15H21BrO. The van der Waals surface area contributed by atoms with Crippen LogP contribution in [0.15, 0.2) is 0 Å². The lowest BCUT2D eigenvalue weighted by Gasteiger charge is -2.47. The van der Waals surface area contributed by atoms with Crippen LogP contribution in [0.3, 0.4) is 0 Å². The van der Waals surface area contributed by atoms with Gasteiger partial charge in [0.2, 0.25) is 0 Å². The van der Waals surface area contributed by atoms with Crippen LogP contribution in [-0.2, 0) is 4.79 Å². The summed E-state index contributed by atoms with van der Waals surface area (Å²) in [5.74, 6) is 4.96. The normalized spacial score (nSPS) is 56.8. The van der Waals surface area contributed by atoms with Crippen LogP contribution in [0.5, 0.6) is 0 Å². The number of ketones is 1. The maximum Gasteiger partial charge on any atom is 0.139 e. The molecule has 0 spiro atoms. The molecule has 0 N–H and O–H groups in total. The predicted molar refractivity (Wildman–Crippen MR) is 71.0 cm³/mol. The van der Waals surface area contributed by atoms with E-state index >= 15 is 0 Å². The monoisotopic (exact) mass is 296 g/mol. The first-order chi connectivity index (χ1) is 8.25. The Morgan fingerprint density at radius 1 is 0.882 bits per heavy atom. The molecule has 0 heterocycles. The number of carbonyl (C=O) groups is 1. The summed E-state index contributed by atoms with van der Waals surface area (Å²) in [5, 5.41) is 0. The number of halogens is 1. The first-order valence-corrected chi connectivity index (χ1v) is 8.35. The average Bonchev–Trinajstić information content (AvgIpc) is 2.62. The highest BCUT2D eigenvalue weighted by molar-refractivity contribution is 9.09. The second-order valence-corrected chi connectivity index (χ2v) is 8.16. The van der Waals surface area contributed by atoms with E-state index < -0.39 is 0 Å². The van der Waals surface area contributed by atoms with E-state index in [9.17, 15) is 4.79 Å². The summed E-state index contributed by atoms with van der Waals surface area (Å²) in [6, 6.07) is 0. The molecule has 0 aliphatic heterocycles. The topological polar surface area (TPSA) is 17.1 Å². The highest BCUT2D eigenvalue weighted by atomic mass is 79.9. The van der Waals surface area contributed by atoms with Gasteiger partial charge in [-0.05, 0) is 55.8 Å². The van der Waals surface area contributed by atoms with Gasteiger partial charge in [0.05, 0.1) is 0 Å². The zero-order valence-corrected chi connectivity index (χ0v) is 11.9. The zero-order valence-electron chi connectivity index (χ0n) is 10.3. The summed E-state index contributed by atoms with van der Waals surface area (Å²) < 4.78 is 0. The second kappa shape index (κ2) is 3.82. The zero-order chi connectivity index (χ0) is 11.6. The van der Waals surface area contributed by atoms with Crippen molar-refractivity contribution in [1.82, 2.24) is 0 Å². The summed E-state index contributed by atoms with van der Waals surface area (Å²) in [4.78, 5) is 13.2. The molecule has 2 heteroatoms. The minimum atomic E-state index is 0.439. The number of Topliss-reactive ketones (excluding diaryl/α,β-unsaturated/α-hetero) is 1. The molecule has 17 heavy (non-hydrogen) atoms. The van der Waals surface area contributed by atoms with Crippen LogP contribution in [0, 0.1) is 35.5 Å². The van der Waals surface area contributed by atoms with Gasteiger partial charge in [-0.15, -0.1) is 0 Å². The predicted octanol–water partition coefficient (Wildman–Crippen LogP) is 3.80. The molecule has 94 valence electrons. The van der Waals surface area contributed by atoms with Crippen LogP contribution in [0.1, 0.15) is 44.9 Å². The molecular weight excluding hydrogens is 276 g/mol. The Hall–Kier alpha value is 0.150. The molecule has 1 nitrogen and oxygen atoms in total. The van der Waals surface area contributed by atoms with Crippen molar-refractivity contribution in [3.8, 4) is 0 Å². The Morgan fingerprint density at radius 3 is 2.53 bits per heavy atom. The molecule has 4 aliphatic carbocycles. The number of carbonyl (C=O) groups excluding carboxylic acids is 1. The molecule has 7 atom stereocenters. The van der Waals surface area contributed by atoms with Crippen LogP contribution >= 0.6 is 15.9 Å². The molecule has 0 aromatic heterocycles. The second-order valence-electron chi connectivity index (χ2n) is 6.87. The van der Waals surface area contributed by atoms with E-state index in [-0.39, 0.29) is 0 Å².